The number of fused-ring (bicyclic) bond motifs is 3. The molecule has 0 N–H and O–H groups in total. The van der Waals surface area contributed by atoms with Gasteiger partial charge in [0.25, 0.3) is 0 Å². The number of aryl methyl sites for hydroxylation is 1. The Morgan fingerprint density at radius 2 is 1.86 bits per heavy atom. The van der Waals surface area contributed by atoms with Crippen molar-refractivity contribution < 1.29 is 4.74 Å². The third-order valence-corrected chi connectivity index (χ3v) is 6.06. The van der Waals surface area contributed by atoms with E-state index in [0.717, 1.165) is 54.2 Å². The molecule has 3 aromatic rings. The largest absolute Gasteiger partial charge is 0.371 e. The zero-order valence-electron chi connectivity index (χ0n) is 16.8. The minimum Gasteiger partial charge on any atom is -0.371 e. The first-order valence-corrected chi connectivity index (χ1v) is 11.1. The molecule has 0 radical (unpaired) electrons. The van der Waals surface area contributed by atoms with Gasteiger partial charge in [0, 0.05) is 23.7 Å². The van der Waals surface area contributed by atoms with Crippen LogP contribution in [0.1, 0.15) is 45.3 Å². The Labute approximate surface area is 186 Å². The van der Waals surface area contributed by atoms with Crippen molar-refractivity contribution in [1.29, 1.82) is 0 Å². The van der Waals surface area contributed by atoms with Crippen LogP contribution in [0.25, 0.3) is 11.0 Å². The summed E-state index contributed by atoms with van der Waals surface area (Å²) in [6.45, 7) is 7.97. The maximum Gasteiger partial charge on any atom is 0.211 e. The minimum atomic E-state index is -0.00920. The second-order valence-electron chi connectivity index (χ2n) is 7.58. The number of rotatable bonds is 5. The molecule has 0 saturated heterocycles. The fourth-order valence-corrected chi connectivity index (χ4v) is 4.74. The highest BCUT2D eigenvalue weighted by Crippen LogP contribution is 2.41. The van der Waals surface area contributed by atoms with Crippen molar-refractivity contribution in [3.63, 3.8) is 0 Å². The van der Waals surface area contributed by atoms with E-state index in [1.54, 1.807) is 6.07 Å². The molecule has 0 saturated carbocycles. The number of aromatic nitrogens is 2. The van der Waals surface area contributed by atoms with Crippen molar-refractivity contribution in [3.8, 4) is 0 Å². The predicted octanol–water partition coefficient (Wildman–Crippen LogP) is 7.41. The van der Waals surface area contributed by atoms with Crippen LogP contribution in [-0.2, 0) is 11.3 Å². The normalized spacial score (nSPS) is 15.2. The van der Waals surface area contributed by atoms with Gasteiger partial charge in [-0.15, -0.1) is 0 Å². The third kappa shape index (κ3) is 3.84. The molecule has 0 fully saturated rings. The van der Waals surface area contributed by atoms with Crippen molar-refractivity contribution in [2.75, 3.05) is 11.4 Å². The van der Waals surface area contributed by atoms with Crippen LogP contribution in [0.3, 0.4) is 0 Å². The molecule has 154 valence electrons. The van der Waals surface area contributed by atoms with Gasteiger partial charge in [-0.05, 0) is 51.0 Å². The Bertz CT molecular complexity index is 1050. The summed E-state index contributed by atoms with van der Waals surface area (Å²) < 4.78 is 8.45. The highest BCUT2D eigenvalue weighted by atomic mass is 35.5. The van der Waals surface area contributed by atoms with Crippen LogP contribution in [0.4, 0.5) is 11.6 Å². The highest BCUT2D eigenvalue weighted by Gasteiger charge is 2.28. The number of nitrogens with zero attached hydrogens (tertiary/aromatic N) is 3. The second-order valence-corrected chi connectivity index (χ2v) is 8.83. The van der Waals surface area contributed by atoms with Gasteiger partial charge < -0.3 is 14.2 Å². The summed E-state index contributed by atoms with van der Waals surface area (Å²) in [6.07, 6.45) is 1.98. The SMILES string of the molecule is CCC(OC(C)C)c1ccc(Cl)c2nc3n(c12)CCCN3c1ccc(Cl)cc1Cl. The third-order valence-electron chi connectivity index (χ3n) is 5.22. The lowest BCUT2D eigenvalue weighted by Gasteiger charge is -2.30. The summed E-state index contributed by atoms with van der Waals surface area (Å²) in [5.41, 5.74) is 3.88. The Balaban J connectivity index is 1.90. The van der Waals surface area contributed by atoms with Crippen molar-refractivity contribution in [2.24, 2.45) is 0 Å². The van der Waals surface area contributed by atoms with Gasteiger partial charge in [-0.25, -0.2) is 4.98 Å². The molecule has 0 aliphatic carbocycles. The molecule has 1 aliphatic rings. The van der Waals surface area contributed by atoms with E-state index in [2.05, 4.69) is 36.3 Å². The Morgan fingerprint density at radius 1 is 1.07 bits per heavy atom. The maximum absolute atomic E-state index is 6.57. The summed E-state index contributed by atoms with van der Waals surface area (Å²) in [5, 5.41) is 1.87. The van der Waals surface area contributed by atoms with Crippen molar-refractivity contribution in [2.45, 2.75) is 52.4 Å². The average molecular weight is 453 g/mol. The Morgan fingerprint density at radius 3 is 2.55 bits per heavy atom. The molecule has 2 aromatic carbocycles. The summed E-state index contributed by atoms with van der Waals surface area (Å²) >= 11 is 19.2. The van der Waals surface area contributed by atoms with Crippen LogP contribution in [0.15, 0.2) is 30.3 Å². The number of halogens is 3. The smallest absolute Gasteiger partial charge is 0.211 e. The van der Waals surface area contributed by atoms with Crippen LogP contribution in [0.5, 0.6) is 0 Å². The van der Waals surface area contributed by atoms with E-state index >= 15 is 0 Å². The van der Waals surface area contributed by atoms with Crippen LogP contribution >= 0.6 is 34.8 Å². The van der Waals surface area contributed by atoms with E-state index in [9.17, 15) is 0 Å². The Hall–Kier alpha value is -1.46. The molecular weight excluding hydrogens is 429 g/mol. The quantitative estimate of drug-likeness (QED) is 0.403. The van der Waals surface area contributed by atoms with Gasteiger partial charge in [0.1, 0.15) is 5.52 Å². The molecule has 4 nitrogen and oxygen atoms in total. The number of imidazole rings is 1. The number of ether oxygens (including phenoxy) is 1. The molecular formula is C22H24Cl3N3O. The van der Waals surface area contributed by atoms with Gasteiger partial charge in [-0.2, -0.15) is 0 Å². The Kier molecular flexibility index (Phi) is 5.99. The molecule has 29 heavy (non-hydrogen) atoms. The molecule has 1 atom stereocenters. The van der Waals surface area contributed by atoms with E-state index in [1.807, 2.05) is 18.2 Å². The summed E-state index contributed by atoms with van der Waals surface area (Å²) in [5.74, 6) is 0.851. The van der Waals surface area contributed by atoms with Gasteiger partial charge >= 0.3 is 0 Å². The van der Waals surface area contributed by atoms with Crippen LogP contribution in [-0.4, -0.2) is 22.2 Å². The minimum absolute atomic E-state index is 0.00920. The summed E-state index contributed by atoms with van der Waals surface area (Å²) in [6, 6.07) is 9.56. The molecule has 4 rings (SSSR count). The number of anilines is 2. The van der Waals surface area contributed by atoms with Crippen LogP contribution in [0, 0.1) is 0 Å². The summed E-state index contributed by atoms with van der Waals surface area (Å²) in [7, 11) is 0. The fraction of sp³-hybridized carbons (Fsp3) is 0.409. The number of benzene rings is 2. The molecule has 7 heteroatoms. The molecule has 2 heterocycles. The number of hydrogen-bond acceptors (Lipinski definition) is 3. The van der Waals surface area contributed by atoms with E-state index in [4.69, 9.17) is 44.5 Å². The van der Waals surface area contributed by atoms with Crippen LogP contribution < -0.4 is 4.90 Å². The van der Waals surface area contributed by atoms with Crippen molar-refractivity contribution in [3.05, 3.63) is 51.0 Å². The van der Waals surface area contributed by atoms with Crippen molar-refractivity contribution in [1.82, 2.24) is 9.55 Å². The first kappa shape index (κ1) is 20.8. The molecule has 1 aromatic heterocycles. The lowest BCUT2D eigenvalue weighted by Crippen LogP contribution is -2.28. The average Bonchev–Trinajstić information content (AvgIpc) is 3.08. The van der Waals surface area contributed by atoms with Gasteiger partial charge in [0.05, 0.1) is 33.5 Å². The number of hydrogen-bond donors (Lipinski definition) is 0. The van der Waals surface area contributed by atoms with E-state index < -0.39 is 0 Å². The van der Waals surface area contributed by atoms with Gasteiger partial charge in [-0.1, -0.05) is 47.8 Å². The zero-order chi connectivity index (χ0) is 20.7. The molecule has 1 aliphatic heterocycles. The van der Waals surface area contributed by atoms with Crippen LogP contribution in [0.2, 0.25) is 15.1 Å². The lowest BCUT2D eigenvalue weighted by atomic mass is 10.0. The van der Waals surface area contributed by atoms with Gasteiger partial charge in [0.2, 0.25) is 5.95 Å². The first-order chi connectivity index (χ1) is 13.9. The fourth-order valence-electron chi connectivity index (χ4n) is 4.03. The first-order valence-electron chi connectivity index (χ1n) is 9.97. The predicted molar refractivity (Wildman–Crippen MR) is 122 cm³/mol. The standard InChI is InChI=1S/C22H24Cl3N3O/c1-4-19(29-13(2)3)15-7-8-16(24)20-21(15)28-11-5-10-27(22(28)26-20)18-9-6-14(23)12-17(18)25/h6-9,12-13,19H,4-5,10-11H2,1-3H3. The molecule has 1 unspecified atom stereocenters. The zero-order valence-corrected chi connectivity index (χ0v) is 19.0. The van der Waals surface area contributed by atoms with Gasteiger partial charge in [-0.3, -0.25) is 0 Å². The topological polar surface area (TPSA) is 30.3 Å². The van der Waals surface area contributed by atoms with E-state index in [0.29, 0.717) is 15.1 Å². The van der Waals surface area contributed by atoms with E-state index in [1.165, 1.54) is 0 Å². The van der Waals surface area contributed by atoms with Crippen molar-refractivity contribution >= 4 is 57.5 Å². The monoisotopic (exact) mass is 451 g/mol. The lowest BCUT2D eigenvalue weighted by molar-refractivity contribution is 0.00513. The molecule has 0 amide bonds. The second kappa shape index (κ2) is 8.35. The highest BCUT2D eigenvalue weighted by molar-refractivity contribution is 6.36. The van der Waals surface area contributed by atoms with E-state index in [-0.39, 0.29) is 12.2 Å². The molecule has 0 spiro atoms. The summed E-state index contributed by atoms with van der Waals surface area (Å²) in [4.78, 5) is 7.09. The maximum atomic E-state index is 6.57. The van der Waals surface area contributed by atoms with Gasteiger partial charge in [0.15, 0.2) is 0 Å². The molecule has 0 bridgehead atoms.